The summed E-state index contributed by atoms with van der Waals surface area (Å²) in [4.78, 5) is 0.139. The van der Waals surface area contributed by atoms with Gasteiger partial charge in [0.2, 0.25) is 10.0 Å². The lowest BCUT2D eigenvalue weighted by Gasteiger charge is -2.10. The first-order chi connectivity index (χ1) is 10.0. The molecule has 2 aromatic rings. The van der Waals surface area contributed by atoms with E-state index in [1.807, 2.05) is 0 Å². The van der Waals surface area contributed by atoms with Gasteiger partial charge in [0, 0.05) is 19.2 Å². The van der Waals surface area contributed by atoms with Crippen LogP contribution in [0.1, 0.15) is 0 Å². The highest BCUT2D eigenvalue weighted by Gasteiger charge is 2.21. The topological polar surface area (TPSA) is 67.4 Å². The molecule has 7 heteroatoms. The van der Waals surface area contributed by atoms with Crippen LogP contribution in [0.4, 0.5) is 10.1 Å². The normalized spacial score (nSPS) is 16.4. The molecule has 21 heavy (non-hydrogen) atoms. The van der Waals surface area contributed by atoms with Crippen molar-refractivity contribution in [2.45, 2.75) is 4.90 Å². The second-order valence-electron chi connectivity index (χ2n) is 4.54. The molecule has 0 saturated carbocycles. The van der Waals surface area contributed by atoms with Crippen molar-refractivity contribution in [2.24, 2.45) is 0 Å². The zero-order valence-electron chi connectivity index (χ0n) is 11.0. The number of nitrogens with one attached hydrogen (secondary N) is 2. The molecule has 0 bridgehead atoms. The molecule has 2 N–H and O–H groups in total. The van der Waals surface area contributed by atoms with Crippen molar-refractivity contribution < 1.29 is 17.5 Å². The van der Waals surface area contributed by atoms with Crippen molar-refractivity contribution in [1.82, 2.24) is 4.72 Å². The van der Waals surface area contributed by atoms with E-state index in [-0.39, 0.29) is 10.7 Å². The highest BCUT2D eigenvalue weighted by molar-refractivity contribution is 7.89. The Morgan fingerprint density at radius 1 is 1.00 bits per heavy atom. The fourth-order valence-corrected chi connectivity index (χ4v) is 3.26. The number of sulfonamides is 1. The molecule has 110 valence electrons. The summed E-state index contributed by atoms with van der Waals surface area (Å²) >= 11 is 0. The molecule has 5 nitrogen and oxygen atoms in total. The molecule has 0 aliphatic carbocycles. The van der Waals surface area contributed by atoms with E-state index < -0.39 is 10.0 Å². The van der Waals surface area contributed by atoms with Crippen LogP contribution in [-0.2, 0) is 10.0 Å². The van der Waals surface area contributed by atoms with Crippen molar-refractivity contribution in [1.29, 1.82) is 0 Å². The van der Waals surface area contributed by atoms with Gasteiger partial charge in [0.25, 0.3) is 0 Å². The van der Waals surface area contributed by atoms with E-state index in [1.54, 1.807) is 12.1 Å². The molecule has 0 radical (unpaired) electrons. The lowest BCUT2D eigenvalue weighted by molar-refractivity contribution is 0.479. The van der Waals surface area contributed by atoms with Crippen LogP contribution in [0, 0.1) is 5.82 Å². The Kier molecular flexibility index (Phi) is 3.52. The standard InChI is InChI=1S/C14H13FN2O3S/c15-10-1-3-11(4-2-10)20-12-5-6-13-14(9-12)21(18,19)17-8-7-16-13/h1-6,9,16-17H,7-8H2. The maximum atomic E-state index is 12.8. The van der Waals surface area contributed by atoms with Crippen LogP contribution in [0.5, 0.6) is 11.5 Å². The monoisotopic (exact) mass is 308 g/mol. The average molecular weight is 308 g/mol. The van der Waals surface area contributed by atoms with Crippen LogP contribution in [0.25, 0.3) is 0 Å². The summed E-state index contributed by atoms with van der Waals surface area (Å²) in [5, 5.41) is 3.03. The van der Waals surface area contributed by atoms with E-state index in [1.165, 1.54) is 30.3 Å². The van der Waals surface area contributed by atoms with Gasteiger partial charge in [-0.25, -0.2) is 17.5 Å². The van der Waals surface area contributed by atoms with Crippen LogP contribution in [0.15, 0.2) is 47.4 Å². The minimum Gasteiger partial charge on any atom is -0.457 e. The molecule has 0 amide bonds. The zero-order valence-corrected chi connectivity index (χ0v) is 11.8. The first-order valence-electron chi connectivity index (χ1n) is 6.36. The SMILES string of the molecule is O=S1(=O)NCCNc2ccc(Oc3ccc(F)cc3)cc21. The molecule has 3 rings (SSSR count). The molecule has 0 unspecified atom stereocenters. The van der Waals surface area contributed by atoms with Crippen molar-refractivity contribution in [3.8, 4) is 11.5 Å². The molecule has 0 fully saturated rings. The van der Waals surface area contributed by atoms with E-state index in [0.29, 0.717) is 30.3 Å². The Morgan fingerprint density at radius 2 is 1.71 bits per heavy atom. The number of benzene rings is 2. The predicted molar refractivity (Wildman–Crippen MR) is 76.6 cm³/mol. The maximum absolute atomic E-state index is 12.8. The molecule has 1 aliphatic rings. The van der Waals surface area contributed by atoms with Crippen LogP contribution in [0.3, 0.4) is 0 Å². The van der Waals surface area contributed by atoms with Gasteiger partial charge < -0.3 is 10.1 Å². The number of hydrogen-bond donors (Lipinski definition) is 2. The fourth-order valence-electron chi connectivity index (χ4n) is 2.03. The number of hydrogen-bond acceptors (Lipinski definition) is 4. The smallest absolute Gasteiger partial charge is 0.242 e. The number of rotatable bonds is 2. The fraction of sp³-hybridized carbons (Fsp3) is 0.143. The minimum atomic E-state index is -3.55. The average Bonchev–Trinajstić information content (AvgIpc) is 2.61. The Bertz CT molecular complexity index is 760. The van der Waals surface area contributed by atoms with Crippen LogP contribution in [0.2, 0.25) is 0 Å². The number of anilines is 1. The second kappa shape index (κ2) is 5.34. The number of fused-ring (bicyclic) bond motifs is 1. The molecule has 0 spiro atoms. The van der Waals surface area contributed by atoms with E-state index in [0.717, 1.165) is 0 Å². The molecule has 1 aliphatic heterocycles. The summed E-state index contributed by atoms with van der Waals surface area (Å²) in [6.45, 7) is 0.843. The van der Waals surface area contributed by atoms with Gasteiger partial charge in [0.1, 0.15) is 22.2 Å². The van der Waals surface area contributed by atoms with Crippen molar-refractivity contribution in [2.75, 3.05) is 18.4 Å². The third kappa shape index (κ3) is 2.98. The maximum Gasteiger partial charge on any atom is 0.242 e. The Morgan fingerprint density at radius 3 is 2.48 bits per heavy atom. The molecule has 2 aromatic carbocycles. The summed E-state index contributed by atoms with van der Waals surface area (Å²) in [7, 11) is -3.55. The predicted octanol–water partition coefficient (Wildman–Crippen LogP) is 2.32. The van der Waals surface area contributed by atoms with E-state index >= 15 is 0 Å². The lowest BCUT2D eigenvalue weighted by atomic mass is 10.3. The van der Waals surface area contributed by atoms with Gasteiger partial charge in [0.15, 0.2) is 0 Å². The van der Waals surface area contributed by atoms with Crippen LogP contribution in [-0.4, -0.2) is 21.5 Å². The molecule has 0 aromatic heterocycles. The highest BCUT2D eigenvalue weighted by Crippen LogP contribution is 2.30. The van der Waals surface area contributed by atoms with Crippen molar-refractivity contribution >= 4 is 15.7 Å². The van der Waals surface area contributed by atoms with Crippen LogP contribution >= 0.6 is 0 Å². The third-order valence-electron chi connectivity index (χ3n) is 3.02. The quantitative estimate of drug-likeness (QED) is 0.893. The first kappa shape index (κ1) is 13.8. The second-order valence-corrected chi connectivity index (χ2v) is 6.27. The third-order valence-corrected chi connectivity index (χ3v) is 4.53. The van der Waals surface area contributed by atoms with Gasteiger partial charge in [-0.1, -0.05) is 0 Å². The van der Waals surface area contributed by atoms with Crippen LogP contribution < -0.4 is 14.8 Å². The molecular weight excluding hydrogens is 295 g/mol. The summed E-state index contributed by atoms with van der Waals surface area (Å²) in [5.74, 6) is 0.443. The van der Waals surface area contributed by atoms with E-state index in [4.69, 9.17) is 4.74 Å². The van der Waals surface area contributed by atoms with E-state index in [2.05, 4.69) is 10.0 Å². The minimum absolute atomic E-state index is 0.139. The molecular formula is C14H13FN2O3S. The summed E-state index contributed by atoms with van der Waals surface area (Å²) in [5.41, 5.74) is 0.534. The summed E-state index contributed by atoms with van der Waals surface area (Å²) in [6, 6.07) is 10.3. The van der Waals surface area contributed by atoms with Gasteiger partial charge in [0.05, 0.1) is 5.69 Å². The Balaban J connectivity index is 1.95. The largest absolute Gasteiger partial charge is 0.457 e. The zero-order chi connectivity index (χ0) is 14.9. The number of ether oxygens (including phenoxy) is 1. The van der Waals surface area contributed by atoms with Gasteiger partial charge in [-0.3, -0.25) is 0 Å². The van der Waals surface area contributed by atoms with Gasteiger partial charge >= 0.3 is 0 Å². The van der Waals surface area contributed by atoms with Gasteiger partial charge in [-0.2, -0.15) is 0 Å². The summed E-state index contributed by atoms with van der Waals surface area (Å²) < 4.78 is 45.0. The first-order valence-corrected chi connectivity index (χ1v) is 7.84. The van der Waals surface area contributed by atoms with E-state index in [9.17, 15) is 12.8 Å². The highest BCUT2D eigenvalue weighted by atomic mass is 32.2. The van der Waals surface area contributed by atoms with Gasteiger partial charge in [-0.15, -0.1) is 0 Å². The van der Waals surface area contributed by atoms with Crippen molar-refractivity contribution in [3.05, 3.63) is 48.3 Å². The molecule has 0 atom stereocenters. The lowest BCUT2D eigenvalue weighted by Crippen LogP contribution is -2.25. The summed E-state index contributed by atoms with van der Waals surface area (Å²) in [6.07, 6.45) is 0. The molecule has 0 saturated heterocycles. The van der Waals surface area contributed by atoms with Gasteiger partial charge in [-0.05, 0) is 36.4 Å². The number of halogens is 1. The van der Waals surface area contributed by atoms with Crippen molar-refractivity contribution in [3.63, 3.8) is 0 Å². The Labute approximate surface area is 121 Å². The molecule has 1 heterocycles. The Hall–Kier alpha value is -2.12.